The number of allylic oxidation sites excluding steroid dienone is 1. The van der Waals surface area contributed by atoms with Crippen LogP contribution in [0, 0.1) is 5.92 Å². The maximum atomic E-state index is 10.9. The van der Waals surface area contributed by atoms with E-state index in [0.717, 1.165) is 0 Å². The molecule has 1 aromatic rings. The van der Waals surface area contributed by atoms with Gasteiger partial charge in [0.2, 0.25) is 0 Å². The van der Waals surface area contributed by atoms with Gasteiger partial charge in [-0.1, -0.05) is 19.9 Å². The van der Waals surface area contributed by atoms with E-state index in [2.05, 4.69) is 4.98 Å². The Hall–Kier alpha value is -1.36. The molecule has 0 saturated carbocycles. The Bertz CT molecular complexity index is 369. The van der Waals surface area contributed by atoms with E-state index in [1.807, 2.05) is 13.8 Å². The van der Waals surface area contributed by atoms with E-state index in [1.54, 1.807) is 11.5 Å². The van der Waals surface area contributed by atoms with Crippen LogP contribution in [0.3, 0.4) is 0 Å². The van der Waals surface area contributed by atoms with Crippen LogP contribution in [0.1, 0.15) is 19.5 Å². The third-order valence-corrected chi connectivity index (χ3v) is 2.20. The number of thiazole rings is 1. The molecule has 1 rings (SSSR count). The summed E-state index contributed by atoms with van der Waals surface area (Å²) >= 11 is 1.24. The molecular formula is C9H12N2O2S. The number of hydrogen-bond donors (Lipinski definition) is 2. The highest BCUT2D eigenvalue weighted by molar-refractivity contribution is 7.13. The first-order valence-corrected chi connectivity index (χ1v) is 5.05. The summed E-state index contributed by atoms with van der Waals surface area (Å²) < 4.78 is 0. The minimum Gasteiger partial charge on any atom is -0.478 e. The Balaban J connectivity index is 3.07. The predicted octanol–water partition coefficient (Wildman–Crippen LogP) is 1.85. The molecule has 0 bridgehead atoms. The van der Waals surface area contributed by atoms with Crippen LogP contribution >= 0.6 is 11.3 Å². The lowest BCUT2D eigenvalue weighted by Gasteiger charge is -2.00. The molecule has 0 fully saturated rings. The van der Waals surface area contributed by atoms with Gasteiger partial charge < -0.3 is 10.8 Å². The van der Waals surface area contributed by atoms with Crippen LogP contribution < -0.4 is 5.73 Å². The first kappa shape index (κ1) is 10.7. The number of rotatable bonds is 3. The fraction of sp³-hybridized carbons (Fsp3) is 0.333. The number of carboxylic acid groups (broad SMARTS) is 1. The standard InChI is InChI=1S/C9H12N2O2S/c1-5(2)3-6(8(12)13)7-4-14-9(10)11-7/h3-5H,1-2H3,(H2,10,11)(H,12,13). The second-order valence-corrected chi connectivity index (χ2v) is 4.09. The summed E-state index contributed by atoms with van der Waals surface area (Å²) in [5, 5.41) is 11.0. The molecule has 0 aliphatic carbocycles. The predicted molar refractivity (Wildman–Crippen MR) is 57.0 cm³/mol. The van der Waals surface area contributed by atoms with Gasteiger partial charge in [0.25, 0.3) is 0 Å². The third-order valence-electron chi connectivity index (χ3n) is 1.53. The smallest absolute Gasteiger partial charge is 0.337 e. The highest BCUT2D eigenvalue weighted by Gasteiger charge is 2.13. The first-order chi connectivity index (χ1) is 6.50. The van der Waals surface area contributed by atoms with E-state index in [9.17, 15) is 4.79 Å². The van der Waals surface area contributed by atoms with Crippen LogP contribution in [0.4, 0.5) is 5.13 Å². The van der Waals surface area contributed by atoms with Crippen LogP contribution in [0.5, 0.6) is 0 Å². The molecule has 0 saturated heterocycles. The minimum absolute atomic E-state index is 0.170. The molecule has 1 heterocycles. The van der Waals surface area contributed by atoms with Crippen LogP contribution in [-0.4, -0.2) is 16.1 Å². The Morgan fingerprint density at radius 1 is 1.71 bits per heavy atom. The van der Waals surface area contributed by atoms with Crippen molar-refractivity contribution in [3.63, 3.8) is 0 Å². The van der Waals surface area contributed by atoms with Crippen LogP contribution in [0.25, 0.3) is 5.57 Å². The molecule has 0 radical (unpaired) electrons. The molecule has 0 atom stereocenters. The van der Waals surface area contributed by atoms with Gasteiger partial charge in [-0.15, -0.1) is 11.3 Å². The second kappa shape index (κ2) is 4.23. The first-order valence-electron chi connectivity index (χ1n) is 4.17. The highest BCUT2D eigenvalue weighted by Crippen LogP contribution is 2.20. The van der Waals surface area contributed by atoms with Crippen molar-refractivity contribution in [2.45, 2.75) is 13.8 Å². The second-order valence-electron chi connectivity index (χ2n) is 3.20. The summed E-state index contributed by atoms with van der Waals surface area (Å²) in [6, 6.07) is 0. The van der Waals surface area contributed by atoms with Crippen molar-refractivity contribution in [2.75, 3.05) is 5.73 Å². The van der Waals surface area contributed by atoms with Gasteiger partial charge in [-0.05, 0) is 5.92 Å². The van der Waals surface area contributed by atoms with Gasteiger partial charge in [-0.2, -0.15) is 0 Å². The average molecular weight is 212 g/mol. The monoisotopic (exact) mass is 212 g/mol. The van der Waals surface area contributed by atoms with Crippen LogP contribution in [0.15, 0.2) is 11.5 Å². The molecule has 1 aromatic heterocycles. The molecule has 0 spiro atoms. The van der Waals surface area contributed by atoms with Gasteiger partial charge in [-0.3, -0.25) is 0 Å². The van der Waals surface area contributed by atoms with E-state index < -0.39 is 5.97 Å². The third kappa shape index (κ3) is 2.56. The molecule has 0 aliphatic heterocycles. The summed E-state index contributed by atoms with van der Waals surface area (Å²) in [4.78, 5) is 14.8. The number of aliphatic carboxylic acids is 1. The molecule has 14 heavy (non-hydrogen) atoms. The lowest BCUT2D eigenvalue weighted by Crippen LogP contribution is -2.02. The van der Waals surface area contributed by atoms with Crippen molar-refractivity contribution in [2.24, 2.45) is 5.92 Å². The summed E-state index contributed by atoms with van der Waals surface area (Å²) in [7, 11) is 0. The SMILES string of the molecule is CC(C)C=C(C(=O)O)c1csc(N)n1. The van der Waals surface area contributed by atoms with Gasteiger partial charge in [-0.25, -0.2) is 9.78 Å². The molecule has 3 N–H and O–H groups in total. The number of aromatic nitrogens is 1. The Morgan fingerprint density at radius 2 is 2.36 bits per heavy atom. The Morgan fingerprint density at radius 3 is 2.71 bits per heavy atom. The maximum absolute atomic E-state index is 10.9. The fourth-order valence-corrected chi connectivity index (χ4v) is 1.57. The minimum atomic E-state index is -0.969. The summed E-state index contributed by atoms with van der Waals surface area (Å²) in [6.45, 7) is 3.83. The number of nitrogens with zero attached hydrogens (tertiary/aromatic N) is 1. The van der Waals surface area contributed by atoms with Crippen LogP contribution in [-0.2, 0) is 4.79 Å². The number of carboxylic acids is 1. The van der Waals surface area contributed by atoms with E-state index in [-0.39, 0.29) is 11.5 Å². The zero-order chi connectivity index (χ0) is 10.7. The summed E-state index contributed by atoms with van der Waals surface area (Å²) in [5.41, 5.74) is 6.09. The largest absolute Gasteiger partial charge is 0.478 e. The Kier molecular flexibility index (Phi) is 3.24. The zero-order valence-corrected chi connectivity index (χ0v) is 8.84. The number of anilines is 1. The Labute approximate surface area is 86.1 Å². The molecular weight excluding hydrogens is 200 g/mol. The fourth-order valence-electron chi connectivity index (χ4n) is 1.01. The zero-order valence-electron chi connectivity index (χ0n) is 8.02. The van der Waals surface area contributed by atoms with Crippen molar-refractivity contribution >= 4 is 28.0 Å². The van der Waals surface area contributed by atoms with Crippen LogP contribution in [0.2, 0.25) is 0 Å². The number of carbonyl (C=O) groups is 1. The van der Waals surface area contributed by atoms with Crippen molar-refractivity contribution < 1.29 is 9.90 Å². The summed E-state index contributed by atoms with van der Waals surface area (Å²) in [6.07, 6.45) is 1.66. The van der Waals surface area contributed by atoms with E-state index in [0.29, 0.717) is 10.8 Å². The lowest BCUT2D eigenvalue weighted by atomic mass is 10.1. The van der Waals surface area contributed by atoms with Crippen molar-refractivity contribution in [3.05, 3.63) is 17.2 Å². The van der Waals surface area contributed by atoms with Gasteiger partial charge >= 0.3 is 5.97 Å². The average Bonchev–Trinajstić information content (AvgIpc) is 2.46. The lowest BCUT2D eigenvalue weighted by molar-refractivity contribution is -0.130. The molecule has 76 valence electrons. The summed E-state index contributed by atoms with van der Waals surface area (Å²) in [5.74, 6) is -0.798. The topological polar surface area (TPSA) is 76.2 Å². The molecule has 0 amide bonds. The van der Waals surface area contributed by atoms with Gasteiger partial charge in [0, 0.05) is 5.38 Å². The number of nitrogen functional groups attached to an aromatic ring is 1. The van der Waals surface area contributed by atoms with Crippen molar-refractivity contribution in [3.8, 4) is 0 Å². The highest BCUT2D eigenvalue weighted by atomic mass is 32.1. The van der Waals surface area contributed by atoms with E-state index >= 15 is 0 Å². The van der Waals surface area contributed by atoms with Crippen molar-refractivity contribution in [1.82, 2.24) is 4.98 Å². The van der Waals surface area contributed by atoms with Gasteiger partial charge in [0.15, 0.2) is 5.13 Å². The number of hydrogen-bond acceptors (Lipinski definition) is 4. The maximum Gasteiger partial charge on any atom is 0.337 e. The molecule has 0 aromatic carbocycles. The van der Waals surface area contributed by atoms with E-state index in [4.69, 9.17) is 10.8 Å². The molecule has 5 heteroatoms. The van der Waals surface area contributed by atoms with E-state index in [1.165, 1.54) is 11.3 Å². The van der Waals surface area contributed by atoms with Crippen molar-refractivity contribution in [1.29, 1.82) is 0 Å². The normalized spacial score (nSPS) is 12.1. The van der Waals surface area contributed by atoms with Gasteiger partial charge in [0.1, 0.15) is 0 Å². The molecule has 0 aliphatic rings. The van der Waals surface area contributed by atoms with Gasteiger partial charge in [0.05, 0.1) is 11.3 Å². The quantitative estimate of drug-likeness (QED) is 0.750. The molecule has 0 unspecified atom stereocenters. The number of nitrogens with two attached hydrogens (primary N) is 1. The molecule has 4 nitrogen and oxygen atoms in total.